The van der Waals surface area contributed by atoms with Gasteiger partial charge in [0.25, 0.3) is 5.91 Å². The zero-order valence-electron chi connectivity index (χ0n) is 15.8. The van der Waals surface area contributed by atoms with Crippen molar-refractivity contribution in [2.75, 3.05) is 13.2 Å². The molecule has 1 aliphatic rings. The molecular formula is C22H24N2O4. The second-order valence-electron chi connectivity index (χ2n) is 6.97. The fourth-order valence-corrected chi connectivity index (χ4v) is 3.25. The number of nitrogens with zero attached hydrogens (tertiary/aromatic N) is 1. The number of carbonyl (C=O) groups excluding carboxylic acids is 3. The van der Waals surface area contributed by atoms with E-state index in [2.05, 4.69) is 5.32 Å². The van der Waals surface area contributed by atoms with Crippen LogP contribution in [0.1, 0.15) is 30.5 Å². The quantitative estimate of drug-likeness (QED) is 0.749. The van der Waals surface area contributed by atoms with E-state index in [1.165, 1.54) is 0 Å². The largest absolute Gasteiger partial charge is 0.455 e. The van der Waals surface area contributed by atoms with Crippen LogP contribution < -0.4 is 5.32 Å². The predicted octanol–water partition coefficient (Wildman–Crippen LogP) is 2.46. The SMILES string of the molecule is C[C@H](NC(=O)COC(=O)[C@@H]1CC(=O)N(Cc2ccccc2)C1)c1ccccc1. The number of benzene rings is 2. The van der Waals surface area contributed by atoms with Gasteiger partial charge >= 0.3 is 5.97 Å². The van der Waals surface area contributed by atoms with E-state index >= 15 is 0 Å². The minimum Gasteiger partial charge on any atom is -0.455 e. The number of esters is 1. The number of rotatable bonds is 7. The highest BCUT2D eigenvalue weighted by molar-refractivity contribution is 5.88. The van der Waals surface area contributed by atoms with Crippen molar-refractivity contribution in [2.24, 2.45) is 5.92 Å². The van der Waals surface area contributed by atoms with Crippen LogP contribution in [-0.2, 0) is 25.7 Å². The van der Waals surface area contributed by atoms with Crippen LogP contribution >= 0.6 is 0 Å². The van der Waals surface area contributed by atoms with Gasteiger partial charge in [0.15, 0.2) is 6.61 Å². The molecule has 6 heteroatoms. The minimum absolute atomic E-state index is 0.0760. The Kier molecular flexibility index (Phi) is 6.42. The molecular weight excluding hydrogens is 356 g/mol. The average Bonchev–Trinajstić information content (AvgIpc) is 3.08. The Morgan fingerprint density at radius 3 is 2.43 bits per heavy atom. The van der Waals surface area contributed by atoms with Gasteiger partial charge in [0.05, 0.1) is 12.0 Å². The van der Waals surface area contributed by atoms with E-state index in [-0.39, 0.29) is 30.9 Å². The van der Waals surface area contributed by atoms with Crippen LogP contribution in [0, 0.1) is 5.92 Å². The number of likely N-dealkylation sites (tertiary alicyclic amines) is 1. The van der Waals surface area contributed by atoms with Gasteiger partial charge in [-0.15, -0.1) is 0 Å². The van der Waals surface area contributed by atoms with Crippen LogP contribution in [0.25, 0.3) is 0 Å². The van der Waals surface area contributed by atoms with Crippen molar-refractivity contribution < 1.29 is 19.1 Å². The molecule has 2 atom stereocenters. The molecule has 0 bridgehead atoms. The van der Waals surface area contributed by atoms with E-state index in [4.69, 9.17) is 4.74 Å². The van der Waals surface area contributed by atoms with Gasteiger partial charge in [0.2, 0.25) is 5.91 Å². The highest BCUT2D eigenvalue weighted by Crippen LogP contribution is 2.21. The molecule has 0 aliphatic carbocycles. The van der Waals surface area contributed by atoms with Gasteiger partial charge in [-0.2, -0.15) is 0 Å². The summed E-state index contributed by atoms with van der Waals surface area (Å²) in [6, 6.07) is 19.0. The zero-order valence-corrected chi connectivity index (χ0v) is 15.8. The third-order valence-corrected chi connectivity index (χ3v) is 4.79. The highest BCUT2D eigenvalue weighted by Gasteiger charge is 2.35. The molecule has 3 rings (SSSR count). The Morgan fingerprint density at radius 1 is 1.11 bits per heavy atom. The van der Waals surface area contributed by atoms with Crippen molar-refractivity contribution in [3.05, 3.63) is 71.8 Å². The highest BCUT2D eigenvalue weighted by atomic mass is 16.5. The van der Waals surface area contributed by atoms with Gasteiger partial charge in [-0.05, 0) is 18.1 Å². The molecule has 6 nitrogen and oxygen atoms in total. The maximum atomic E-state index is 12.3. The summed E-state index contributed by atoms with van der Waals surface area (Å²) < 4.78 is 5.14. The first-order valence-electron chi connectivity index (χ1n) is 9.35. The fourth-order valence-electron chi connectivity index (χ4n) is 3.25. The molecule has 2 aromatic rings. The summed E-state index contributed by atoms with van der Waals surface area (Å²) in [4.78, 5) is 38.1. The van der Waals surface area contributed by atoms with Gasteiger partial charge < -0.3 is 15.0 Å². The first-order valence-corrected chi connectivity index (χ1v) is 9.35. The summed E-state index contributed by atoms with van der Waals surface area (Å²) in [5, 5.41) is 2.80. The monoisotopic (exact) mass is 380 g/mol. The van der Waals surface area contributed by atoms with Crippen molar-refractivity contribution in [1.29, 1.82) is 0 Å². The molecule has 0 radical (unpaired) electrons. The number of hydrogen-bond acceptors (Lipinski definition) is 4. The minimum atomic E-state index is -0.532. The summed E-state index contributed by atoms with van der Waals surface area (Å²) >= 11 is 0. The van der Waals surface area contributed by atoms with Gasteiger partial charge in [0, 0.05) is 19.5 Å². The van der Waals surface area contributed by atoms with Crippen molar-refractivity contribution in [3.8, 4) is 0 Å². The Balaban J connectivity index is 1.44. The standard InChI is InChI=1S/C22H24N2O4/c1-16(18-10-6-3-7-11-18)23-20(25)15-28-22(27)19-12-21(26)24(14-19)13-17-8-4-2-5-9-17/h2-11,16,19H,12-15H2,1H3,(H,23,25)/t16-,19+/m0/s1. The molecule has 2 aromatic carbocycles. The molecule has 2 amide bonds. The topological polar surface area (TPSA) is 75.7 Å². The van der Waals surface area contributed by atoms with E-state index in [0.29, 0.717) is 13.1 Å². The first kappa shape index (κ1) is 19.6. The van der Waals surface area contributed by atoms with Crippen molar-refractivity contribution in [1.82, 2.24) is 10.2 Å². The van der Waals surface area contributed by atoms with Crippen LogP contribution in [0.15, 0.2) is 60.7 Å². The second-order valence-corrected chi connectivity index (χ2v) is 6.97. The van der Waals surface area contributed by atoms with E-state index in [1.54, 1.807) is 4.90 Å². The number of ether oxygens (including phenoxy) is 1. The molecule has 1 aliphatic heterocycles. The lowest BCUT2D eigenvalue weighted by molar-refractivity contribution is -0.152. The maximum Gasteiger partial charge on any atom is 0.311 e. The van der Waals surface area contributed by atoms with E-state index < -0.39 is 11.9 Å². The zero-order chi connectivity index (χ0) is 19.9. The molecule has 1 heterocycles. The molecule has 0 saturated carbocycles. The van der Waals surface area contributed by atoms with Crippen LogP contribution in [0.5, 0.6) is 0 Å². The van der Waals surface area contributed by atoms with E-state index in [9.17, 15) is 14.4 Å². The van der Waals surface area contributed by atoms with Gasteiger partial charge in [-0.25, -0.2) is 0 Å². The summed E-state index contributed by atoms with van der Waals surface area (Å²) in [6.45, 7) is 2.30. The summed E-state index contributed by atoms with van der Waals surface area (Å²) in [5.74, 6) is -1.48. The van der Waals surface area contributed by atoms with E-state index in [1.807, 2.05) is 67.6 Å². The Hall–Kier alpha value is -3.15. The molecule has 0 aromatic heterocycles. The fraction of sp³-hybridized carbons (Fsp3) is 0.318. The predicted molar refractivity (Wildman–Crippen MR) is 104 cm³/mol. The number of amides is 2. The normalized spacial score (nSPS) is 17.2. The Labute approximate surface area is 164 Å². The van der Waals surface area contributed by atoms with Gasteiger partial charge in [0.1, 0.15) is 0 Å². The van der Waals surface area contributed by atoms with E-state index in [0.717, 1.165) is 11.1 Å². The number of hydrogen-bond donors (Lipinski definition) is 1. The maximum absolute atomic E-state index is 12.3. The molecule has 0 unspecified atom stereocenters. The van der Waals surface area contributed by atoms with Crippen LogP contribution in [-0.4, -0.2) is 35.8 Å². The Morgan fingerprint density at radius 2 is 1.75 bits per heavy atom. The summed E-state index contributed by atoms with van der Waals surface area (Å²) in [7, 11) is 0. The number of carbonyl (C=O) groups is 3. The first-order chi connectivity index (χ1) is 13.5. The molecule has 28 heavy (non-hydrogen) atoms. The van der Waals surface area contributed by atoms with Gasteiger partial charge in [-0.1, -0.05) is 60.7 Å². The van der Waals surface area contributed by atoms with Crippen LogP contribution in [0.3, 0.4) is 0 Å². The third-order valence-electron chi connectivity index (χ3n) is 4.79. The molecule has 1 saturated heterocycles. The summed E-state index contributed by atoms with van der Waals surface area (Å²) in [6.07, 6.45) is 0.119. The molecule has 1 N–H and O–H groups in total. The van der Waals surface area contributed by atoms with Crippen molar-refractivity contribution in [2.45, 2.75) is 25.9 Å². The molecule has 146 valence electrons. The van der Waals surface area contributed by atoms with Crippen LogP contribution in [0.2, 0.25) is 0 Å². The van der Waals surface area contributed by atoms with Gasteiger partial charge in [-0.3, -0.25) is 14.4 Å². The smallest absolute Gasteiger partial charge is 0.311 e. The third kappa shape index (κ3) is 5.19. The van der Waals surface area contributed by atoms with Crippen molar-refractivity contribution in [3.63, 3.8) is 0 Å². The second kappa shape index (κ2) is 9.17. The lowest BCUT2D eigenvalue weighted by Gasteiger charge is -2.17. The lowest BCUT2D eigenvalue weighted by Crippen LogP contribution is -2.32. The average molecular weight is 380 g/mol. The van der Waals surface area contributed by atoms with Crippen LogP contribution in [0.4, 0.5) is 0 Å². The Bertz CT molecular complexity index is 823. The number of nitrogens with one attached hydrogen (secondary N) is 1. The lowest BCUT2D eigenvalue weighted by atomic mass is 10.1. The van der Waals surface area contributed by atoms with Crippen molar-refractivity contribution >= 4 is 17.8 Å². The molecule has 0 spiro atoms. The summed E-state index contributed by atoms with van der Waals surface area (Å²) in [5.41, 5.74) is 1.99. The molecule has 1 fully saturated rings.